The number of aliphatic hydroxyl groups is 5. The van der Waals surface area contributed by atoms with Crippen LogP contribution in [0.1, 0.15) is 40.0 Å². The normalized spacial score (nSPS) is 21.7. The van der Waals surface area contributed by atoms with E-state index in [0.717, 1.165) is 38.9 Å². The van der Waals surface area contributed by atoms with Crippen LogP contribution in [0.15, 0.2) is 0 Å². The average Bonchev–Trinajstić information content (AvgIpc) is 2.96. The number of nitrogens with zero attached hydrogens (tertiary/aromatic N) is 6. The van der Waals surface area contributed by atoms with Crippen molar-refractivity contribution in [1.29, 1.82) is 0 Å². The molecule has 0 aromatic carbocycles. The van der Waals surface area contributed by atoms with Gasteiger partial charge in [0, 0.05) is 111 Å². The first kappa shape index (κ1) is 39.9. The lowest BCUT2D eigenvalue weighted by Gasteiger charge is -2.34. The highest BCUT2D eigenvalue weighted by Gasteiger charge is 2.21. The largest absolute Gasteiger partial charge is 0.453 e. The zero-order valence-electron chi connectivity index (χ0n) is 27.5. The van der Waals surface area contributed by atoms with Crippen molar-refractivity contribution in [2.24, 2.45) is 0 Å². The summed E-state index contributed by atoms with van der Waals surface area (Å²) in [5.74, 6) is 0. The molecule has 1 rings (SSSR count). The van der Waals surface area contributed by atoms with Gasteiger partial charge in [0.2, 0.25) is 0 Å². The molecule has 0 radical (unpaired) electrons. The maximum Gasteiger partial charge on any atom is 0.409 e. The van der Waals surface area contributed by atoms with Crippen molar-refractivity contribution >= 4 is 6.09 Å². The number of hydrogen-bond acceptors (Lipinski definition) is 12. The fourth-order valence-corrected chi connectivity index (χ4v) is 5.49. The number of methoxy groups -OCH3 is 1. The summed E-state index contributed by atoms with van der Waals surface area (Å²) >= 11 is 0. The molecule has 0 bridgehead atoms. The second-order valence-electron chi connectivity index (χ2n) is 12.0. The Morgan fingerprint density at radius 3 is 1.37 bits per heavy atom. The smallest absolute Gasteiger partial charge is 0.409 e. The Hall–Kier alpha value is -1.13. The maximum atomic E-state index is 12.7. The van der Waals surface area contributed by atoms with Crippen LogP contribution < -0.4 is 0 Å². The van der Waals surface area contributed by atoms with E-state index in [2.05, 4.69) is 31.4 Å². The predicted octanol–water partition coefficient (Wildman–Crippen LogP) is -1.12. The molecule has 1 fully saturated rings. The van der Waals surface area contributed by atoms with E-state index in [1.165, 1.54) is 7.11 Å². The van der Waals surface area contributed by atoms with Crippen LogP contribution in [0.4, 0.5) is 4.79 Å². The summed E-state index contributed by atoms with van der Waals surface area (Å²) in [5, 5.41) is 50.6. The number of aliphatic hydroxyl groups excluding tert-OH is 5. The van der Waals surface area contributed by atoms with Crippen LogP contribution in [0.3, 0.4) is 0 Å². The van der Waals surface area contributed by atoms with E-state index in [1.807, 2.05) is 0 Å². The van der Waals surface area contributed by atoms with Crippen molar-refractivity contribution in [2.75, 3.05) is 132 Å². The first-order valence-corrected chi connectivity index (χ1v) is 16.3. The summed E-state index contributed by atoms with van der Waals surface area (Å²) in [5.41, 5.74) is 0. The molecule has 1 aliphatic rings. The molecule has 0 aromatic rings. The van der Waals surface area contributed by atoms with E-state index in [1.54, 1.807) is 18.7 Å². The summed E-state index contributed by atoms with van der Waals surface area (Å²) in [6, 6.07) is 0. The summed E-state index contributed by atoms with van der Waals surface area (Å²) in [6.45, 7) is 15.9. The molecule has 256 valence electrons. The van der Waals surface area contributed by atoms with Crippen molar-refractivity contribution < 1.29 is 35.1 Å². The molecule has 0 saturated carbocycles. The third kappa shape index (κ3) is 19.1. The molecule has 1 heterocycles. The number of rotatable bonds is 13. The minimum atomic E-state index is -0.528. The Morgan fingerprint density at radius 1 is 0.651 bits per heavy atom. The number of unbranched alkanes of at least 4 members (excludes halogenated alkanes) is 1. The average molecular weight is 621 g/mol. The minimum absolute atomic E-state index is 0.0385. The molecule has 1 amide bonds. The highest BCUT2D eigenvalue weighted by molar-refractivity contribution is 5.67. The van der Waals surface area contributed by atoms with Crippen LogP contribution >= 0.6 is 0 Å². The molecule has 0 aliphatic carbocycles. The zero-order chi connectivity index (χ0) is 32.0. The zero-order valence-corrected chi connectivity index (χ0v) is 27.5. The molecule has 43 heavy (non-hydrogen) atoms. The van der Waals surface area contributed by atoms with E-state index >= 15 is 0 Å². The van der Waals surface area contributed by atoms with Crippen molar-refractivity contribution in [3.05, 3.63) is 0 Å². The molecule has 13 heteroatoms. The molecule has 13 nitrogen and oxygen atoms in total. The van der Waals surface area contributed by atoms with Gasteiger partial charge in [-0.05, 0) is 20.3 Å². The molecular weight excluding hydrogens is 556 g/mol. The van der Waals surface area contributed by atoms with Gasteiger partial charge in [-0.2, -0.15) is 0 Å². The van der Waals surface area contributed by atoms with Gasteiger partial charge in [-0.1, -0.05) is 19.8 Å². The van der Waals surface area contributed by atoms with Gasteiger partial charge >= 0.3 is 6.09 Å². The molecule has 3 unspecified atom stereocenters. The number of β-amino-alcohol motifs (C(OH)–C–C–N with tert-alkyl or cyclic N) is 5. The maximum absolute atomic E-state index is 12.7. The minimum Gasteiger partial charge on any atom is -0.453 e. The lowest BCUT2D eigenvalue weighted by Crippen LogP contribution is -2.49. The van der Waals surface area contributed by atoms with Crippen LogP contribution in [-0.4, -0.2) is 211 Å². The van der Waals surface area contributed by atoms with Gasteiger partial charge in [0.25, 0.3) is 0 Å². The van der Waals surface area contributed by atoms with Crippen LogP contribution in [0, 0.1) is 0 Å². The van der Waals surface area contributed by atoms with Gasteiger partial charge in [0.05, 0.1) is 38.6 Å². The van der Waals surface area contributed by atoms with Gasteiger partial charge in [0.1, 0.15) is 0 Å². The number of carbonyl (C=O) groups excluding carboxylic acids is 1. The van der Waals surface area contributed by atoms with Crippen LogP contribution in [0.25, 0.3) is 0 Å². The summed E-state index contributed by atoms with van der Waals surface area (Å²) in [7, 11) is 1.38. The first-order valence-electron chi connectivity index (χ1n) is 16.3. The van der Waals surface area contributed by atoms with E-state index in [4.69, 9.17) is 4.74 Å². The predicted molar refractivity (Wildman–Crippen MR) is 169 cm³/mol. The van der Waals surface area contributed by atoms with Crippen LogP contribution in [0.5, 0.6) is 0 Å². The quantitative estimate of drug-likeness (QED) is 0.170. The van der Waals surface area contributed by atoms with Crippen molar-refractivity contribution in [3.63, 3.8) is 0 Å². The second kappa shape index (κ2) is 24.1. The number of carbonyl (C=O) groups is 1. The Morgan fingerprint density at radius 2 is 1.02 bits per heavy atom. The van der Waals surface area contributed by atoms with Gasteiger partial charge in [0.15, 0.2) is 0 Å². The third-order valence-corrected chi connectivity index (χ3v) is 7.97. The number of hydrogen-bond donors (Lipinski definition) is 5. The Labute approximate surface area is 260 Å². The van der Waals surface area contributed by atoms with Crippen LogP contribution in [0.2, 0.25) is 0 Å². The second-order valence-corrected chi connectivity index (χ2v) is 12.0. The molecular formula is C30H64N6O7. The molecule has 5 N–H and O–H groups in total. The molecule has 1 aliphatic heterocycles. The van der Waals surface area contributed by atoms with E-state index < -0.39 is 24.4 Å². The summed E-state index contributed by atoms with van der Waals surface area (Å²) in [6.07, 6.45) is 0.827. The van der Waals surface area contributed by atoms with Crippen molar-refractivity contribution in [3.8, 4) is 0 Å². The fourth-order valence-electron chi connectivity index (χ4n) is 5.49. The molecule has 1 saturated heterocycles. The van der Waals surface area contributed by atoms with E-state index in [9.17, 15) is 30.3 Å². The van der Waals surface area contributed by atoms with Crippen LogP contribution in [-0.2, 0) is 4.74 Å². The summed E-state index contributed by atoms with van der Waals surface area (Å²) in [4.78, 5) is 25.4. The monoisotopic (exact) mass is 620 g/mol. The van der Waals surface area contributed by atoms with Gasteiger partial charge in [-0.15, -0.1) is 0 Å². The van der Waals surface area contributed by atoms with E-state index in [-0.39, 0.29) is 13.2 Å². The first-order chi connectivity index (χ1) is 20.6. The number of ether oxygens (including phenoxy) is 1. The molecule has 0 spiro atoms. The fraction of sp³-hybridized carbons (Fsp3) is 0.967. The standard InChI is InChI=1S/C30H64N6O7/c1-5-6-7-29(41)26-35-15-11-32(21-23-38)9-13-33(24-27(2)39)12-8-31(20-22-37)10-14-34(25-28(3)40)16-18-36(19-17-35)30(42)43-4/h27-29,37-41H,5-26H2,1-4H3. The van der Waals surface area contributed by atoms with Crippen molar-refractivity contribution in [1.82, 2.24) is 29.4 Å². The highest BCUT2D eigenvalue weighted by atomic mass is 16.5. The van der Waals surface area contributed by atoms with Gasteiger partial charge in [-0.25, -0.2) is 4.79 Å². The van der Waals surface area contributed by atoms with Crippen molar-refractivity contribution in [2.45, 2.75) is 58.3 Å². The van der Waals surface area contributed by atoms with Gasteiger partial charge < -0.3 is 35.2 Å². The van der Waals surface area contributed by atoms with Gasteiger partial charge in [-0.3, -0.25) is 24.5 Å². The highest BCUT2D eigenvalue weighted by Crippen LogP contribution is 2.07. The Balaban J connectivity index is 3.22. The Kier molecular flexibility index (Phi) is 22.4. The number of amides is 1. The lowest BCUT2D eigenvalue weighted by molar-refractivity contribution is 0.0673. The Bertz CT molecular complexity index is 693. The van der Waals surface area contributed by atoms with E-state index in [0.29, 0.717) is 91.6 Å². The molecule has 3 atom stereocenters. The summed E-state index contributed by atoms with van der Waals surface area (Å²) < 4.78 is 5.10. The third-order valence-electron chi connectivity index (χ3n) is 7.97. The topological polar surface area (TPSA) is 147 Å². The lowest BCUT2D eigenvalue weighted by atomic mass is 10.1. The SMILES string of the molecule is CCCCC(O)CN1CCN(CCO)CCN(CC(C)O)CCN(CCO)CCN(CC(C)O)CCN(C(=O)OC)CC1. The molecule has 0 aromatic heterocycles.